The van der Waals surface area contributed by atoms with Gasteiger partial charge in [0.2, 0.25) is 5.91 Å². The molecule has 1 heterocycles. The van der Waals surface area contributed by atoms with Gasteiger partial charge in [-0.1, -0.05) is 30.0 Å². The average Bonchev–Trinajstić information content (AvgIpc) is 3.00. The molecule has 1 aromatic heterocycles. The molecule has 0 aliphatic carbocycles. The first-order valence-electron chi connectivity index (χ1n) is 8.54. The molecular weight excluding hydrogens is 352 g/mol. The summed E-state index contributed by atoms with van der Waals surface area (Å²) in [5.41, 5.74) is 1.04. The standard InChI is InChI=1S/C18H26N4O3S/c1-22-16(20-21-18(22)26-13-12-24-2)10-11-19-17(23)9-8-14-6-4-5-7-15(14)25-3/h4-7H,8-13H2,1-3H3,(H,19,23). The van der Waals surface area contributed by atoms with Crippen LogP contribution in [0.1, 0.15) is 17.8 Å². The molecule has 0 fully saturated rings. The Hall–Kier alpha value is -2.06. The van der Waals surface area contributed by atoms with Crippen LogP contribution < -0.4 is 10.1 Å². The second-order valence-electron chi connectivity index (χ2n) is 5.71. The fraction of sp³-hybridized carbons (Fsp3) is 0.500. The van der Waals surface area contributed by atoms with Crippen LogP contribution in [0.2, 0.25) is 0 Å². The monoisotopic (exact) mass is 378 g/mol. The molecule has 8 heteroatoms. The normalized spacial score (nSPS) is 10.7. The predicted octanol–water partition coefficient (Wildman–Crippen LogP) is 1.85. The van der Waals surface area contributed by atoms with Gasteiger partial charge in [-0.15, -0.1) is 10.2 Å². The zero-order valence-corrected chi connectivity index (χ0v) is 16.3. The molecule has 26 heavy (non-hydrogen) atoms. The number of nitrogens with one attached hydrogen (secondary N) is 1. The van der Waals surface area contributed by atoms with E-state index >= 15 is 0 Å². The number of methoxy groups -OCH3 is 2. The summed E-state index contributed by atoms with van der Waals surface area (Å²) in [5.74, 6) is 2.53. The highest BCUT2D eigenvalue weighted by Crippen LogP contribution is 2.18. The molecule has 0 atom stereocenters. The Morgan fingerprint density at radius 1 is 1.23 bits per heavy atom. The van der Waals surface area contributed by atoms with Crippen molar-refractivity contribution in [2.45, 2.75) is 24.4 Å². The fourth-order valence-electron chi connectivity index (χ4n) is 2.46. The largest absolute Gasteiger partial charge is 0.496 e. The Kier molecular flexibility index (Phi) is 8.43. The van der Waals surface area contributed by atoms with E-state index in [-0.39, 0.29) is 5.91 Å². The molecule has 0 spiro atoms. The summed E-state index contributed by atoms with van der Waals surface area (Å²) in [6.07, 6.45) is 1.73. The first-order valence-corrected chi connectivity index (χ1v) is 9.53. The molecule has 2 rings (SSSR count). The smallest absolute Gasteiger partial charge is 0.220 e. The maximum atomic E-state index is 12.1. The number of carbonyl (C=O) groups excluding carboxylic acids is 1. The number of nitrogens with zero attached hydrogens (tertiary/aromatic N) is 3. The Morgan fingerprint density at radius 3 is 2.81 bits per heavy atom. The highest BCUT2D eigenvalue weighted by Gasteiger charge is 2.10. The SMILES string of the molecule is COCCSc1nnc(CCNC(=O)CCc2ccccc2OC)n1C. The van der Waals surface area contributed by atoms with Crippen LogP contribution in [-0.2, 0) is 29.4 Å². The summed E-state index contributed by atoms with van der Waals surface area (Å²) >= 11 is 1.61. The molecule has 1 amide bonds. The molecular formula is C18H26N4O3S. The van der Waals surface area contributed by atoms with Gasteiger partial charge in [-0.05, 0) is 18.1 Å². The van der Waals surface area contributed by atoms with Crippen LogP contribution in [0, 0.1) is 0 Å². The Labute approximate surface area is 158 Å². The van der Waals surface area contributed by atoms with Crippen LogP contribution >= 0.6 is 11.8 Å². The van der Waals surface area contributed by atoms with Crippen molar-refractivity contribution in [3.8, 4) is 5.75 Å². The third kappa shape index (κ3) is 6.03. The molecule has 0 saturated carbocycles. The van der Waals surface area contributed by atoms with Gasteiger partial charge in [-0.2, -0.15) is 0 Å². The molecule has 1 aromatic carbocycles. The number of carbonyl (C=O) groups is 1. The molecule has 142 valence electrons. The number of hydrogen-bond donors (Lipinski definition) is 1. The molecule has 0 aliphatic heterocycles. The molecule has 7 nitrogen and oxygen atoms in total. The predicted molar refractivity (Wildman–Crippen MR) is 102 cm³/mol. The van der Waals surface area contributed by atoms with Gasteiger partial charge in [-0.3, -0.25) is 4.79 Å². The molecule has 0 unspecified atom stereocenters. The van der Waals surface area contributed by atoms with E-state index in [1.54, 1.807) is 26.0 Å². The lowest BCUT2D eigenvalue weighted by Gasteiger charge is -2.08. The van der Waals surface area contributed by atoms with Crippen molar-refractivity contribution in [1.29, 1.82) is 0 Å². The van der Waals surface area contributed by atoms with Gasteiger partial charge in [0.25, 0.3) is 0 Å². The van der Waals surface area contributed by atoms with E-state index in [1.807, 2.05) is 35.9 Å². The minimum atomic E-state index is 0.0211. The molecule has 2 aromatic rings. The van der Waals surface area contributed by atoms with Crippen molar-refractivity contribution < 1.29 is 14.3 Å². The Balaban J connectivity index is 1.73. The topological polar surface area (TPSA) is 78.3 Å². The van der Waals surface area contributed by atoms with Gasteiger partial charge in [0.1, 0.15) is 11.6 Å². The van der Waals surface area contributed by atoms with Crippen molar-refractivity contribution in [2.75, 3.05) is 33.1 Å². The quantitative estimate of drug-likeness (QED) is 0.475. The lowest BCUT2D eigenvalue weighted by atomic mass is 10.1. The third-order valence-corrected chi connectivity index (χ3v) is 4.91. The van der Waals surface area contributed by atoms with Gasteiger partial charge >= 0.3 is 0 Å². The van der Waals surface area contributed by atoms with Crippen LogP contribution in [-0.4, -0.2) is 53.8 Å². The van der Waals surface area contributed by atoms with Crippen LogP contribution in [0.15, 0.2) is 29.4 Å². The summed E-state index contributed by atoms with van der Waals surface area (Å²) in [6.45, 7) is 1.22. The minimum Gasteiger partial charge on any atom is -0.496 e. The minimum absolute atomic E-state index is 0.0211. The number of para-hydroxylation sites is 1. The molecule has 0 aliphatic rings. The number of aryl methyl sites for hydroxylation is 1. The highest BCUT2D eigenvalue weighted by atomic mass is 32.2. The van der Waals surface area contributed by atoms with E-state index in [9.17, 15) is 4.79 Å². The van der Waals surface area contributed by atoms with Crippen LogP contribution in [0.5, 0.6) is 5.75 Å². The maximum Gasteiger partial charge on any atom is 0.220 e. The lowest BCUT2D eigenvalue weighted by Crippen LogP contribution is -2.26. The van der Waals surface area contributed by atoms with E-state index in [0.717, 1.165) is 28.0 Å². The van der Waals surface area contributed by atoms with Crippen molar-refractivity contribution in [1.82, 2.24) is 20.1 Å². The molecule has 0 radical (unpaired) electrons. The summed E-state index contributed by atoms with van der Waals surface area (Å²) in [7, 11) is 5.26. The summed E-state index contributed by atoms with van der Waals surface area (Å²) < 4.78 is 12.3. The number of thioether (sulfide) groups is 1. The zero-order valence-electron chi connectivity index (χ0n) is 15.5. The maximum absolute atomic E-state index is 12.1. The van der Waals surface area contributed by atoms with Gasteiger partial charge < -0.3 is 19.4 Å². The Morgan fingerprint density at radius 2 is 2.04 bits per heavy atom. The number of benzene rings is 1. The second kappa shape index (κ2) is 10.8. The van der Waals surface area contributed by atoms with Gasteiger partial charge in [-0.25, -0.2) is 0 Å². The number of rotatable bonds is 11. The van der Waals surface area contributed by atoms with Crippen LogP contribution in [0.4, 0.5) is 0 Å². The van der Waals surface area contributed by atoms with E-state index in [2.05, 4.69) is 15.5 Å². The highest BCUT2D eigenvalue weighted by molar-refractivity contribution is 7.99. The van der Waals surface area contributed by atoms with Gasteiger partial charge in [0.15, 0.2) is 5.16 Å². The summed E-state index contributed by atoms with van der Waals surface area (Å²) in [5, 5.41) is 12.2. The van der Waals surface area contributed by atoms with Crippen molar-refractivity contribution in [3.05, 3.63) is 35.7 Å². The number of ether oxygens (including phenoxy) is 2. The van der Waals surface area contributed by atoms with Crippen molar-refractivity contribution in [2.24, 2.45) is 7.05 Å². The Bertz CT molecular complexity index is 705. The number of hydrogen-bond acceptors (Lipinski definition) is 6. The number of amides is 1. The first-order chi connectivity index (χ1) is 12.7. The van der Waals surface area contributed by atoms with Crippen molar-refractivity contribution >= 4 is 17.7 Å². The summed E-state index contributed by atoms with van der Waals surface area (Å²) in [6, 6.07) is 7.76. The van der Waals surface area contributed by atoms with Crippen LogP contribution in [0.25, 0.3) is 0 Å². The number of aromatic nitrogens is 3. The van der Waals surface area contributed by atoms with Crippen molar-refractivity contribution in [3.63, 3.8) is 0 Å². The van der Waals surface area contributed by atoms with E-state index in [4.69, 9.17) is 9.47 Å². The first kappa shape index (κ1) is 20.3. The molecule has 1 N–H and O–H groups in total. The second-order valence-corrected chi connectivity index (χ2v) is 6.77. The lowest BCUT2D eigenvalue weighted by molar-refractivity contribution is -0.121. The zero-order chi connectivity index (χ0) is 18.8. The molecule has 0 bridgehead atoms. The molecule has 0 saturated heterocycles. The third-order valence-electron chi connectivity index (χ3n) is 3.93. The van der Waals surface area contributed by atoms with Crippen LogP contribution in [0.3, 0.4) is 0 Å². The van der Waals surface area contributed by atoms with Gasteiger partial charge in [0, 0.05) is 39.3 Å². The summed E-state index contributed by atoms with van der Waals surface area (Å²) in [4.78, 5) is 12.1. The van der Waals surface area contributed by atoms with E-state index in [1.165, 1.54) is 0 Å². The van der Waals surface area contributed by atoms with E-state index < -0.39 is 0 Å². The van der Waals surface area contributed by atoms with Gasteiger partial charge in [0.05, 0.1) is 13.7 Å². The average molecular weight is 378 g/mol. The fourth-order valence-corrected chi connectivity index (χ4v) is 3.29. The van der Waals surface area contributed by atoms with E-state index in [0.29, 0.717) is 32.4 Å².